The van der Waals surface area contributed by atoms with Gasteiger partial charge in [-0.2, -0.15) is 0 Å². The van der Waals surface area contributed by atoms with Gasteiger partial charge >= 0.3 is 0 Å². The molecule has 0 atom stereocenters. The van der Waals surface area contributed by atoms with E-state index in [4.69, 9.17) is 9.15 Å². The number of aryl methyl sites for hydroxylation is 1. The first-order valence-electron chi connectivity index (χ1n) is 8.81. The zero-order valence-corrected chi connectivity index (χ0v) is 16.4. The summed E-state index contributed by atoms with van der Waals surface area (Å²) in [6.07, 6.45) is 5.13. The van der Waals surface area contributed by atoms with E-state index < -0.39 is 5.91 Å². The molecule has 1 saturated heterocycles. The molecule has 0 spiro atoms. The Hall–Kier alpha value is -3.06. The van der Waals surface area contributed by atoms with E-state index in [1.807, 2.05) is 39.0 Å². The predicted octanol–water partition coefficient (Wildman–Crippen LogP) is 4.91. The molecule has 4 rings (SSSR count). The van der Waals surface area contributed by atoms with Crippen LogP contribution in [0.25, 0.3) is 28.2 Å². The number of carbonyl (C=O) groups excluding carboxylic acids is 2. The molecule has 0 aliphatic carbocycles. The van der Waals surface area contributed by atoms with E-state index in [1.165, 1.54) is 0 Å². The normalized spacial score (nSPS) is 15.6. The second kappa shape index (κ2) is 7.16. The average Bonchev–Trinajstić information content (AvgIpc) is 3.18. The number of ether oxygens (including phenoxy) is 1. The van der Waals surface area contributed by atoms with Crippen molar-refractivity contribution < 1.29 is 18.7 Å². The van der Waals surface area contributed by atoms with Gasteiger partial charge < -0.3 is 9.15 Å². The molecule has 28 heavy (non-hydrogen) atoms. The van der Waals surface area contributed by atoms with Gasteiger partial charge in [0.15, 0.2) is 0 Å². The van der Waals surface area contributed by atoms with E-state index in [1.54, 1.807) is 24.5 Å². The molecule has 3 aromatic rings. The number of hydrogen-bond acceptors (Lipinski definition) is 6. The lowest BCUT2D eigenvalue weighted by Crippen LogP contribution is -2.17. The number of furan rings is 1. The highest BCUT2D eigenvalue weighted by molar-refractivity contribution is 8.18. The number of fused-ring (bicyclic) bond motifs is 1. The highest BCUT2D eigenvalue weighted by atomic mass is 32.2. The van der Waals surface area contributed by atoms with Gasteiger partial charge in [0, 0.05) is 29.4 Å². The van der Waals surface area contributed by atoms with Crippen LogP contribution < -0.4 is 10.1 Å². The van der Waals surface area contributed by atoms with E-state index >= 15 is 0 Å². The Morgan fingerprint density at radius 3 is 2.71 bits per heavy atom. The van der Waals surface area contributed by atoms with E-state index in [0.29, 0.717) is 16.2 Å². The van der Waals surface area contributed by atoms with Gasteiger partial charge in [0.1, 0.15) is 17.1 Å². The summed E-state index contributed by atoms with van der Waals surface area (Å²) < 4.78 is 11.8. The number of aromatic nitrogens is 1. The van der Waals surface area contributed by atoms with E-state index in [-0.39, 0.29) is 11.3 Å². The maximum Gasteiger partial charge on any atom is 0.290 e. The van der Waals surface area contributed by atoms with Gasteiger partial charge in [0.2, 0.25) is 0 Å². The molecule has 3 heterocycles. The minimum absolute atomic E-state index is 0.104. The summed E-state index contributed by atoms with van der Waals surface area (Å²) in [6.45, 7) is 5.99. The summed E-state index contributed by atoms with van der Waals surface area (Å²) in [4.78, 5) is 27.7. The number of amides is 2. The Morgan fingerprint density at radius 1 is 1.21 bits per heavy atom. The van der Waals surface area contributed by atoms with Crippen LogP contribution >= 0.6 is 11.8 Å². The topological polar surface area (TPSA) is 81.4 Å². The molecule has 6 nitrogen and oxygen atoms in total. The van der Waals surface area contributed by atoms with Gasteiger partial charge in [-0.25, -0.2) is 0 Å². The van der Waals surface area contributed by atoms with Crippen molar-refractivity contribution in [3.05, 3.63) is 52.9 Å². The number of carbonyl (C=O) groups is 2. The molecule has 1 aliphatic rings. The molecule has 0 saturated carbocycles. The van der Waals surface area contributed by atoms with Crippen LogP contribution in [0.2, 0.25) is 0 Å². The zero-order valence-electron chi connectivity index (χ0n) is 15.6. The molecule has 0 unspecified atom stereocenters. The van der Waals surface area contributed by atoms with E-state index in [0.717, 1.165) is 39.6 Å². The summed E-state index contributed by atoms with van der Waals surface area (Å²) in [5.74, 6) is 0.927. The van der Waals surface area contributed by atoms with Crippen LogP contribution in [0.15, 0.2) is 46.0 Å². The van der Waals surface area contributed by atoms with Gasteiger partial charge in [-0.3, -0.25) is 19.9 Å². The fourth-order valence-corrected chi connectivity index (χ4v) is 3.67. The van der Waals surface area contributed by atoms with E-state index in [2.05, 4.69) is 10.3 Å². The summed E-state index contributed by atoms with van der Waals surface area (Å²) in [5, 5.41) is 2.67. The maximum atomic E-state index is 11.8. The Kier molecular flexibility index (Phi) is 4.68. The number of nitrogens with zero attached hydrogens (tertiary/aromatic N) is 1. The minimum Gasteiger partial charge on any atom is -0.491 e. The second-order valence-electron chi connectivity index (χ2n) is 6.75. The SMILES string of the molecule is Cc1cc(-c2cncc3cc(C=C4SC(=O)NC4=O)oc23)ccc1OC(C)C. The lowest BCUT2D eigenvalue weighted by Gasteiger charge is -2.13. The summed E-state index contributed by atoms with van der Waals surface area (Å²) >= 11 is 0.859. The van der Waals surface area contributed by atoms with Gasteiger partial charge in [-0.05, 0) is 61.9 Å². The molecular weight excluding hydrogens is 376 g/mol. The Labute approximate surface area is 166 Å². The van der Waals surface area contributed by atoms with Crippen molar-refractivity contribution in [2.24, 2.45) is 0 Å². The van der Waals surface area contributed by atoms with Crippen molar-refractivity contribution in [1.29, 1.82) is 0 Å². The summed E-state index contributed by atoms with van der Waals surface area (Å²) in [6, 6.07) is 7.76. The third-order valence-electron chi connectivity index (χ3n) is 4.21. The maximum absolute atomic E-state index is 11.8. The zero-order chi connectivity index (χ0) is 19.8. The molecule has 0 bridgehead atoms. The number of imide groups is 1. The van der Waals surface area contributed by atoms with Crippen molar-refractivity contribution >= 4 is 40.0 Å². The van der Waals surface area contributed by atoms with Gasteiger partial charge in [0.05, 0.1) is 11.0 Å². The first kappa shape index (κ1) is 18.3. The first-order valence-corrected chi connectivity index (χ1v) is 9.62. The quantitative estimate of drug-likeness (QED) is 0.633. The number of pyridine rings is 1. The van der Waals surface area contributed by atoms with Gasteiger partial charge in [-0.15, -0.1) is 0 Å². The van der Waals surface area contributed by atoms with Crippen molar-refractivity contribution in [2.75, 3.05) is 0 Å². The molecular formula is C21H18N2O4S. The number of thioether (sulfide) groups is 1. The number of nitrogens with one attached hydrogen (secondary N) is 1. The van der Waals surface area contributed by atoms with Crippen LogP contribution in [0, 0.1) is 6.92 Å². The Morgan fingerprint density at radius 2 is 2.04 bits per heavy atom. The fourth-order valence-electron chi connectivity index (χ4n) is 3.01. The van der Waals surface area contributed by atoms with Crippen LogP contribution in [0.5, 0.6) is 5.75 Å². The highest BCUT2D eigenvalue weighted by Crippen LogP contribution is 2.34. The monoisotopic (exact) mass is 394 g/mol. The predicted molar refractivity (Wildman–Crippen MR) is 109 cm³/mol. The van der Waals surface area contributed by atoms with Crippen LogP contribution in [0.4, 0.5) is 4.79 Å². The number of benzene rings is 1. The van der Waals surface area contributed by atoms with Crippen molar-refractivity contribution in [1.82, 2.24) is 10.3 Å². The largest absolute Gasteiger partial charge is 0.491 e. The summed E-state index contributed by atoms with van der Waals surface area (Å²) in [7, 11) is 0. The lowest BCUT2D eigenvalue weighted by molar-refractivity contribution is -0.115. The van der Waals surface area contributed by atoms with Crippen LogP contribution in [0.3, 0.4) is 0 Å². The first-order chi connectivity index (χ1) is 13.4. The lowest BCUT2D eigenvalue weighted by atomic mass is 10.0. The molecule has 142 valence electrons. The molecule has 7 heteroatoms. The third kappa shape index (κ3) is 3.53. The molecule has 2 aromatic heterocycles. The Balaban J connectivity index is 1.74. The van der Waals surface area contributed by atoms with Gasteiger partial charge in [-0.1, -0.05) is 6.07 Å². The van der Waals surface area contributed by atoms with Crippen molar-refractivity contribution in [2.45, 2.75) is 26.9 Å². The Bertz CT molecular complexity index is 1130. The number of rotatable bonds is 4. The van der Waals surface area contributed by atoms with Crippen molar-refractivity contribution in [3.8, 4) is 16.9 Å². The molecule has 2 amide bonds. The van der Waals surface area contributed by atoms with Crippen molar-refractivity contribution in [3.63, 3.8) is 0 Å². The van der Waals surface area contributed by atoms with Crippen LogP contribution in [-0.4, -0.2) is 22.2 Å². The number of hydrogen-bond donors (Lipinski definition) is 1. The smallest absolute Gasteiger partial charge is 0.290 e. The molecule has 1 aromatic carbocycles. The fraction of sp³-hybridized carbons (Fsp3) is 0.190. The van der Waals surface area contributed by atoms with E-state index in [9.17, 15) is 9.59 Å². The standard InChI is InChI=1S/C21H18N2O4S/c1-11(2)26-17-5-4-13(6-12(17)3)16-10-22-9-14-7-15(27-19(14)16)8-18-20(24)23-21(25)28-18/h4-11H,1-3H3,(H,23,24,25). The van der Waals surface area contributed by atoms with Crippen LogP contribution in [-0.2, 0) is 4.79 Å². The van der Waals surface area contributed by atoms with Gasteiger partial charge in [0.25, 0.3) is 11.1 Å². The van der Waals surface area contributed by atoms with Crippen LogP contribution in [0.1, 0.15) is 25.2 Å². The molecule has 1 aliphatic heterocycles. The molecule has 1 fully saturated rings. The highest BCUT2D eigenvalue weighted by Gasteiger charge is 2.25. The minimum atomic E-state index is -0.412. The molecule has 0 radical (unpaired) electrons. The average molecular weight is 394 g/mol. The molecule has 1 N–H and O–H groups in total. The second-order valence-corrected chi connectivity index (χ2v) is 7.77. The summed E-state index contributed by atoms with van der Waals surface area (Å²) in [5.41, 5.74) is 3.51. The third-order valence-corrected chi connectivity index (χ3v) is 5.02.